The van der Waals surface area contributed by atoms with Crippen LogP contribution < -0.4 is 15.8 Å². The summed E-state index contributed by atoms with van der Waals surface area (Å²) in [5.74, 6) is -0.336. The monoisotopic (exact) mass is 343 g/mol. The third-order valence-electron chi connectivity index (χ3n) is 3.10. The van der Waals surface area contributed by atoms with Gasteiger partial charge in [0.05, 0.1) is 17.3 Å². The van der Waals surface area contributed by atoms with Crippen LogP contribution in [0.3, 0.4) is 0 Å². The number of amides is 1. The van der Waals surface area contributed by atoms with E-state index < -0.39 is 5.91 Å². The third kappa shape index (κ3) is 4.14. The number of nitrogens with zero attached hydrogens (tertiary/aromatic N) is 3. The lowest BCUT2D eigenvalue weighted by Gasteiger charge is -2.10. The lowest BCUT2D eigenvalue weighted by molar-refractivity contribution is 0.0944. The van der Waals surface area contributed by atoms with Crippen molar-refractivity contribution in [2.75, 3.05) is 18.6 Å². The van der Waals surface area contributed by atoms with Crippen molar-refractivity contribution in [3.05, 3.63) is 41.2 Å². The van der Waals surface area contributed by atoms with Gasteiger partial charge in [0, 0.05) is 12.7 Å². The zero-order valence-electron chi connectivity index (χ0n) is 13.4. The van der Waals surface area contributed by atoms with Crippen molar-refractivity contribution in [2.24, 2.45) is 0 Å². The predicted octanol–water partition coefficient (Wildman–Crippen LogP) is 1.98. The van der Waals surface area contributed by atoms with Crippen LogP contribution in [-0.2, 0) is 6.54 Å². The Bertz CT molecular complexity index is 771. The summed E-state index contributed by atoms with van der Waals surface area (Å²) in [4.78, 5) is 20.6. The van der Waals surface area contributed by atoms with Gasteiger partial charge < -0.3 is 15.8 Å². The minimum atomic E-state index is -0.402. The molecule has 0 aromatic carbocycles. The highest BCUT2D eigenvalue weighted by atomic mass is 32.2. The van der Waals surface area contributed by atoms with Gasteiger partial charge in [-0.25, -0.2) is 9.97 Å². The van der Waals surface area contributed by atoms with E-state index in [0.29, 0.717) is 13.2 Å². The second kappa shape index (κ2) is 8.17. The number of ether oxygens (including phenoxy) is 1. The maximum atomic E-state index is 12.3. The topological polar surface area (TPSA) is 114 Å². The molecular weight excluding hydrogens is 326 g/mol. The van der Waals surface area contributed by atoms with Gasteiger partial charge in [-0.2, -0.15) is 5.26 Å². The highest BCUT2D eigenvalue weighted by Crippen LogP contribution is 2.22. The van der Waals surface area contributed by atoms with Crippen LogP contribution in [0.5, 0.6) is 5.88 Å². The van der Waals surface area contributed by atoms with Crippen LogP contribution in [0.2, 0.25) is 0 Å². The van der Waals surface area contributed by atoms with E-state index in [0.717, 1.165) is 10.6 Å². The van der Waals surface area contributed by atoms with Crippen LogP contribution in [0.15, 0.2) is 29.4 Å². The zero-order valence-corrected chi connectivity index (χ0v) is 14.2. The maximum Gasteiger partial charge on any atom is 0.270 e. The summed E-state index contributed by atoms with van der Waals surface area (Å²) in [6, 6.07) is 7.08. The minimum Gasteiger partial charge on any atom is -0.477 e. The number of thioether (sulfide) groups is 1. The zero-order chi connectivity index (χ0) is 17.5. The van der Waals surface area contributed by atoms with E-state index in [1.54, 1.807) is 24.9 Å². The molecule has 0 atom stereocenters. The summed E-state index contributed by atoms with van der Waals surface area (Å²) in [5, 5.41) is 12.7. The van der Waals surface area contributed by atoms with E-state index in [9.17, 15) is 4.79 Å². The number of carbonyl (C=O) groups is 1. The van der Waals surface area contributed by atoms with Crippen molar-refractivity contribution >= 4 is 23.4 Å². The van der Waals surface area contributed by atoms with Crippen LogP contribution >= 0.6 is 11.8 Å². The average molecular weight is 343 g/mol. The minimum absolute atomic E-state index is 0.0659. The summed E-state index contributed by atoms with van der Waals surface area (Å²) in [6.45, 7) is 2.39. The molecule has 0 aliphatic heterocycles. The number of rotatable bonds is 6. The standard InChI is InChI=1S/C16H17N5O2S/c1-3-23-16-11(7-17)12(18)6-13(21-16)15(22)20-9-10-4-5-14(24-2)19-8-10/h4-6,8H,3,9H2,1-2H3,(H2,18,21)(H,20,22). The second-order valence-corrected chi connectivity index (χ2v) is 5.54. The highest BCUT2D eigenvalue weighted by molar-refractivity contribution is 7.98. The van der Waals surface area contributed by atoms with Gasteiger partial charge >= 0.3 is 0 Å². The smallest absolute Gasteiger partial charge is 0.270 e. The summed E-state index contributed by atoms with van der Waals surface area (Å²) in [7, 11) is 0. The van der Waals surface area contributed by atoms with Crippen LogP contribution in [-0.4, -0.2) is 28.7 Å². The Morgan fingerprint density at radius 2 is 2.29 bits per heavy atom. The lowest BCUT2D eigenvalue weighted by atomic mass is 10.2. The molecule has 0 saturated heterocycles. The molecule has 2 rings (SSSR count). The van der Waals surface area contributed by atoms with Crippen molar-refractivity contribution < 1.29 is 9.53 Å². The number of nitrogens with one attached hydrogen (secondary N) is 1. The molecule has 0 fully saturated rings. The normalized spacial score (nSPS) is 10.0. The van der Waals surface area contributed by atoms with Gasteiger partial charge in [-0.15, -0.1) is 11.8 Å². The van der Waals surface area contributed by atoms with E-state index in [1.807, 2.05) is 24.5 Å². The van der Waals surface area contributed by atoms with E-state index >= 15 is 0 Å². The van der Waals surface area contributed by atoms with Gasteiger partial charge in [0.15, 0.2) is 0 Å². The quantitative estimate of drug-likeness (QED) is 0.771. The lowest BCUT2D eigenvalue weighted by Crippen LogP contribution is -2.24. The van der Waals surface area contributed by atoms with Gasteiger partial charge in [0.25, 0.3) is 5.91 Å². The van der Waals surface area contributed by atoms with Gasteiger partial charge in [0.1, 0.15) is 17.3 Å². The molecule has 0 bridgehead atoms. The first-order valence-corrected chi connectivity index (χ1v) is 8.42. The predicted molar refractivity (Wildman–Crippen MR) is 91.7 cm³/mol. The van der Waals surface area contributed by atoms with Crippen LogP contribution in [0.25, 0.3) is 0 Å². The van der Waals surface area contributed by atoms with Crippen molar-refractivity contribution in [2.45, 2.75) is 18.5 Å². The highest BCUT2D eigenvalue weighted by Gasteiger charge is 2.16. The first-order valence-electron chi connectivity index (χ1n) is 7.19. The molecule has 0 aliphatic rings. The van der Waals surface area contributed by atoms with Crippen molar-refractivity contribution in [1.82, 2.24) is 15.3 Å². The molecule has 8 heteroatoms. The fourth-order valence-electron chi connectivity index (χ4n) is 1.92. The largest absolute Gasteiger partial charge is 0.477 e. The first kappa shape index (κ1) is 17.6. The molecule has 0 aliphatic carbocycles. The third-order valence-corrected chi connectivity index (χ3v) is 3.76. The van der Waals surface area contributed by atoms with Crippen LogP contribution in [0.4, 0.5) is 5.69 Å². The number of nitrogen functional groups attached to an aromatic ring is 1. The number of aromatic nitrogens is 2. The molecule has 0 unspecified atom stereocenters. The molecule has 3 N–H and O–H groups in total. The molecule has 2 aromatic heterocycles. The van der Waals surface area contributed by atoms with E-state index in [2.05, 4.69) is 15.3 Å². The molecular formula is C16H17N5O2S. The molecule has 24 heavy (non-hydrogen) atoms. The summed E-state index contributed by atoms with van der Waals surface area (Å²) >= 11 is 1.55. The number of nitriles is 1. The average Bonchev–Trinajstić information content (AvgIpc) is 2.60. The van der Waals surface area contributed by atoms with Crippen molar-refractivity contribution in [1.29, 1.82) is 5.26 Å². The molecule has 7 nitrogen and oxygen atoms in total. The van der Waals surface area contributed by atoms with Crippen LogP contribution in [0.1, 0.15) is 28.5 Å². The summed E-state index contributed by atoms with van der Waals surface area (Å²) < 4.78 is 5.28. The van der Waals surface area contributed by atoms with E-state index in [1.165, 1.54) is 6.07 Å². The van der Waals surface area contributed by atoms with Gasteiger partial charge in [-0.1, -0.05) is 6.07 Å². The van der Waals surface area contributed by atoms with E-state index in [4.69, 9.17) is 15.7 Å². The summed E-state index contributed by atoms with van der Waals surface area (Å²) in [5.41, 5.74) is 7.06. The van der Waals surface area contributed by atoms with Gasteiger partial charge in [-0.05, 0) is 30.9 Å². The fraction of sp³-hybridized carbons (Fsp3) is 0.250. The number of hydrogen-bond donors (Lipinski definition) is 2. The van der Waals surface area contributed by atoms with Crippen LogP contribution in [0, 0.1) is 11.3 Å². The Morgan fingerprint density at radius 1 is 1.50 bits per heavy atom. The number of nitrogens with two attached hydrogens (primary N) is 1. The Hall–Kier alpha value is -2.79. The van der Waals surface area contributed by atoms with Crippen molar-refractivity contribution in [3.63, 3.8) is 0 Å². The molecule has 0 spiro atoms. The maximum absolute atomic E-state index is 12.3. The summed E-state index contributed by atoms with van der Waals surface area (Å²) in [6.07, 6.45) is 3.65. The Balaban J connectivity index is 2.12. The molecule has 0 saturated carbocycles. The Labute approximate surface area is 144 Å². The van der Waals surface area contributed by atoms with Crippen molar-refractivity contribution in [3.8, 4) is 11.9 Å². The molecule has 0 radical (unpaired) electrons. The number of anilines is 1. The van der Waals surface area contributed by atoms with Gasteiger partial charge in [-0.3, -0.25) is 4.79 Å². The molecule has 1 amide bonds. The number of hydrogen-bond acceptors (Lipinski definition) is 7. The second-order valence-electron chi connectivity index (χ2n) is 4.71. The Kier molecular flexibility index (Phi) is 5.98. The molecule has 2 heterocycles. The molecule has 124 valence electrons. The van der Waals surface area contributed by atoms with Gasteiger partial charge in [0.2, 0.25) is 5.88 Å². The van der Waals surface area contributed by atoms with E-state index in [-0.39, 0.29) is 22.8 Å². The Morgan fingerprint density at radius 3 is 2.88 bits per heavy atom. The number of carbonyl (C=O) groups excluding carboxylic acids is 1. The fourth-order valence-corrected chi connectivity index (χ4v) is 2.28. The molecule has 2 aromatic rings. The first-order chi connectivity index (χ1) is 11.6. The SMILES string of the molecule is CCOc1nc(C(=O)NCc2ccc(SC)nc2)cc(N)c1C#N. The number of pyridine rings is 2.